The molecule has 0 bridgehead atoms. The summed E-state index contributed by atoms with van der Waals surface area (Å²) in [5.74, 6) is 2.96. The van der Waals surface area contributed by atoms with Crippen LogP contribution in [0.15, 0.2) is 11.6 Å². The van der Waals surface area contributed by atoms with Crippen molar-refractivity contribution in [1.29, 1.82) is 0 Å². The molecule has 7 atom stereocenters. The van der Waals surface area contributed by atoms with Crippen molar-refractivity contribution in [3.8, 4) is 0 Å². The molecule has 0 radical (unpaired) electrons. The minimum absolute atomic E-state index is 0.0975. The summed E-state index contributed by atoms with van der Waals surface area (Å²) >= 11 is 0. The summed E-state index contributed by atoms with van der Waals surface area (Å²) in [7, 11) is 0. The number of allylic oxidation sites excluding steroid dienone is 1. The van der Waals surface area contributed by atoms with Gasteiger partial charge in [-0.05, 0) is 67.8 Å². The van der Waals surface area contributed by atoms with Crippen LogP contribution < -0.4 is 0 Å². The molecule has 0 aliphatic heterocycles. The number of aliphatic hydroxyl groups excluding tert-OH is 1. The number of carbonyl (C=O) groups excluding carboxylic acids is 2. The van der Waals surface area contributed by atoms with Crippen LogP contribution in [-0.4, -0.2) is 22.8 Å². The lowest BCUT2D eigenvalue weighted by molar-refractivity contribution is -0.133. The van der Waals surface area contributed by atoms with E-state index in [1.54, 1.807) is 6.08 Å². The maximum atomic E-state index is 12.4. The van der Waals surface area contributed by atoms with Gasteiger partial charge in [-0.15, -0.1) is 0 Å². The Kier molecular flexibility index (Phi) is 3.17. The molecule has 0 spiro atoms. The molecule has 0 heterocycles. The quantitative estimate of drug-likeness (QED) is 0.748. The second kappa shape index (κ2) is 4.77. The normalized spacial score (nSPS) is 51.0. The van der Waals surface area contributed by atoms with Crippen molar-refractivity contribution in [3.63, 3.8) is 0 Å². The molecule has 4 aliphatic rings. The van der Waals surface area contributed by atoms with E-state index in [1.807, 2.05) is 0 Å². The summed E-state index contributed by atoms with van der Waals surface area (Å²) in [4.78, 5) is 24.2. The fourth-order valence-electron chi connectivity index (χ4n) is 6.35. The van der Waals surface area contributed by atoms with Crippen molar-refractivity contribution in [2.24, 2.45) is 35.0 Å². The number of carbonyl (C=O) groups is 2. The zero-order chi connectivity index (χ0) is 15.6. The van der Waals surface area contributed by atoms with E-state index < -0.39 is 6.10 Å². The Balaban J connectivity index is 1.70. The number of Topliss-reactive ketones (excluding diaryl/α,β-unsaturated/α-hetero) is 1. The molecule has 0 aromatic heterocycles. The van der Waals surface area contributed by atoms with Crippen LogP contribution in [-0.2, 0) is 9.59 Å². The molecule has 3 heteroatoms. The van der Waals surface area contributed by atoms with Crippen LogP contribution in [0.2, 0.25) is 0 Å². The van der Waals surface area contributed by atoms with Gasteiger partial charge < -0.3 is 5.11 Å². The van der Waals surface area contributed by atoms with Gasteiger partial charge in [-0.3, -0.25) is 9.59 Å². The summed E-state index contributed by atoms with van der Waals surface area (Å²) in [5.41, 5.74) is 1.18. The Morgan fingerprint density at radius 3 is 2.82 bits per heavy atom. The third-order valence-corrected chi connectivity index (χ3v) is 7.43. The monoisotopic (exact) mass is 302 g/mol. The maximum absolute atomic E-state index is 12.4. The van der Waals surface area contributed by atoms with Gasteiger partial charge in [0.1, 0.15) is 11.9 Å². The predicted octanol–water partition coefficient (Wildman–Crippen LogP) is 2.91. The van der Waals surface area contributed by atoms with E-state index in [2.05, 4.69) is 13.8 Å². The molecule has 0 amide bonds. The minimum atomic E-state index is -0.804. The van der Waals surface area contributed by atoms with Crippen molar-refractivity contribution in [2.45, 2.75) is 58.5 Å². The molecular formula is C19H26O3. The first kappa shape index (κ1) is 14.6. The van der Waals surface area contributed by atoms with E-state index in [1.165, 1.54) is 5.57 Å². The molecule has 4 rings (SSSR count). The smallest absolute Gasteiger partial charge is 0.184 e. The second-order valence-electron chi connectivity index (χ2n) is 8.43. The van der Waals surface area contributed by atoms with Gasteiger partial charge in [-0.1, -0.05) is 19.4 Å². The number of hydrogen-bond donors (Lipinski definition) is 1. The minimum Gasteiger partial charge on any atom is -0.385 e. The molecular weight excluding hydrogens is 276 g/mol. The van der Waals surface area contributed by atoms with Gasteiger partial charge in [0.2, 0.25) is 0 Å². The van der Waals surface area contributed by atoms with E-state index in [0.29, 0.717) is 41.8 Å². The second-order valence-corrected chi connectivity index (χ2v) is 8.43. The molecule has 3 fully saturated rings. The highest BCUT2D eigenvalue weighted by atomic mass is 16.3. The highest BCUT2D eigenvalue weighted by Gasteiger charge is 2.58. The van der Waals surface area contributed by atoms with Crippen LogP contribution in [0, 0.1) is 35.0 Å². The summed E-state index contributed by atoms with van der Waals surface area (Å²) in [6, 6.07) is 0. The molecule has 0 aromatic rings. The van der Waals surface area contributed by atoms with Gasteiger partial charge in [-0.2, -0.15) is 0 Å². The van der Waals surface area contributed by atoms with E-state index >= 15 is 0 Å². The van der Waals surface area contributed by atoms with E-state index in [-0.39, 0.29) is 11.2 Å². The van der Waals surface area contributed by atoms with Gasteiger partial charge >= 0.3 is 0 Å². The lowest BCUT2D eigenvalue weighted by Crippen LogP contribution is -2.50. The van der Waals surface area contributed by atoms with E-state index in [0.717, 1.165) is 32.1 Å². The van der Waals surface area contributed by atoms with Gasteiger partial charge in [0.15, 0.2) is 5.78 Å². The van der Waals surface area contributed by atoms with Crippen LogP contribution in [0.4, 0.5) is 0 Å². The third-order valence-electron chi connectivity index (χ3n) is 7.43. The van der Waals surface area contributed by atoms with Crippen molar-refractivity contribution in [3.05, 3.63) is 11.6 Å². The van der Waals surface area contributed by atoms with Crippen LogP contribution in [0.1, 0.15) is 52.4 Å². The highest BCUT2D eigenvalue weighted by molar-refractivity contribution is 5.95. The zero-order valence-electron chi connectivity index (χ0n) is 13.5. The van der Waals surface area contributed by atoms with Crippen molar-refractivity contribution >= 4 is 11.6 Å². The summed E-state index contributed by atoms with van der Waals surface area (Å²) in [6.45, 7) is 4.50. The first-order chi connectivity index (χ1) is 10.4. The average molecular weight is 302 g/mol. The number of rotatable bonds is 0. The highest BCUT2D eigenvalue weighted by Crippen LogP contribution is 2.61. The van der Waals surface area contributed by atoms with Gasteiger partial charge in [0.25, 0.3) is 0 Å². The first-order valence-electron chi connectivity index (χ1n) is 8.87. The SMILES string of the molecule is C[C@@H]1CC2=CC(=O)C(O)C[C@@H]2[C@H]2CC[C@]3(C)C(=O)CC[C@H]3[C@@H]21. The number of fused-ring (bicyclic) bond motifs is 5. The van der Waals surface area contributed by atoms with Crippen LogP contribution in [0.3, 0.4) is 0 Å². The average Bonchev–Trinajstić information content (AvgIpc) is 2.77. The summed E-state index contributed by atoms with van der Waals surface area (Å²) < 4.78 is 0. The van der Waals surface area contributed by atoms with Crippen LogP contribution in [0.5, 0.6) is 0 Å². The molecule has 4 aliphatic carbocycles. The van der Waals surface area contributed by atoms with Crippen molar-refractivity contribution < 1.29 is 14.7 Å². The Labute approximate surface area is 132 Å². The third kappa shape index (κ3) is 1.84. The van der Waals surface area contributed by atoms with E-state index in [4.69, 9.17) is 0 Å². The van der Waals surface area contributed by atoms with Gasteiger partial charge in [0.05, 0.1) is 0 Å². The molecule has 0 aromatic carbocycles. The van der Waals surface area contributed by atoms with Crippen molar-refractivity contribution in [1.82, 2.24) is 0 Å². The van der Waals surface area contributed by atoms with Crippen molar-refractivity contribution in [2.75, 3.05) is 0 Å². The zero-order valence-corrected chi connectivity index (χ0v) is 13.5. The fourth-order valence-corrected chi connectivity index (χ4v) is 6.35. The number of hydrogen-bond acceptors (Lipinski definition) is 3. The number of ketones is 2. The molecule has 22 heavy (non-hydrogen) atoms. The lowest BCUT2D eigenvalue weighted by Gasteiger charge is -2.54. The standard InChI is InChI=1S/C19H26O3/c1-10-7-11-8-15(20)16(21)9-13(11)12-5-6-19(2)14(18(10)12)3-4-17(19)22/h8,10,12-14,16,18,21H,3-7,9H2,1-2H3/t10-,12-,13+,14+,16?,18-,19+/m1/s1. The molecule has 1 N–H and O–H groups in total. The molecule has 1 unspecified atom stereocenters. The molecule has 3 nitrogen and oxygen atoms in total. The van der Waals surface area contributed by atoms with Gasteiger partial charge in [-0.25, -0.2) is 0 Å². The summed E-state index contributed by atoms with van der Waals surface area (Å²) in [5, 5.41) is 10.0. The van der Waals surface area contributed by atoms with E-state index in [9.17, 15) is 14.7 Å². The fraction of sp³-hybridized carbons (Fsp3) is 0.789. The topological polar surface area (TPSA) is 54.4 Å². The molecule has 0 saturated heterocycles. The Morgan fingerprint density at radius 1 is 1.27 bits per heavy atom. The number of aliphatic hydroxyl groups is 1. The van der Waals surface area contributed by atoms with Crippen LogP contribution in [0.25, 0.3) is 0 Å². The molecule has 120 valence electrons. The Morgan fingerprint density at radius 2 is 2.05 bits per heavy atom. The first-order valence-corrected chi connectivity index (χ1v) is 8.87. The Bertz CT molecular complexity index is 563. The Hall–Kier alpha value is -0.960. The largest absolute Gasteiger partial charge is 0.385 e. The predicted molar refractivity (Wildman–Crippen MR) is 83.0 cm³/mol. The maximum Gasteiger partial charge on any atom is 0.184 e. The van der Waals surface area contributed by atoms with Crippen LogP contribution >= 0.6 is 0 Å². The summed E-state index contributed by atoms with van der Waals surface area (Å²) in [6.07, 6.45) is 6.40. The lowest BCUT2D eigenvalue weighted by atomic mass is 9.49. The van der Waals surface area contributed by atoms with Gasteiger partial charge in [0, 0.05) is 11.8 Å². The molecule has 3 saturated carbocycles.